The first kappa shape index (κ1) is 37.3. The molecule has 0 unspecified atom stereocenters. The van der Waals surface area contributed by atoms with Crippen molar-refractivity contribution in [1.29, 1.82) is 0 Å². The molecule has 2 aromatic heterocycles. The second kappa shape index (κ2) is 19.5. The molecule has 45 heavy (non-hydrogen) atoms. The Hall–Kier alpha value is -3.87. The maximum absolute atomic E-state index is 13.7. The van der Waals surface area contributed by atoms with E-state index in [1.165, 1.54) is 24.3 Å². The molecule has 0 saturated heterocycles. The Morgan fingerprint density at radius 2 is 0.778 bits per heavy atom. The second-order valence-electron chi connectivity index (χ2n) is 9.65. The van der Waals surface area contributed by atoms with Crippen molar-refractivity contribution in [1.82, 2.24) is 9.13 Å². The van der Waals surface area contributed by atoms with Gasteiger partial charge in [-0.25, -0.2) is 41.8 Å². The van der Waals surface area contributed by atoms with Gasteiger partial charge < -0.3 is 9.13 Å². The van der Waals surface area contributed by atoms with E-state index >= 15 is 0 Å². The standard InChI is InChI=1S/2C14H14F2N.2C5H5.Ti/c2*1-3-11-6-7-12(4-2)17(11)14-8-5-10(15)9-13(14)16;2*1-2-4-5-3-1;/h2*5-8H,3-4H2,1-2H3;2*1-5H;/q4*-1;+4. The first-order valence-electron chi connectivity index (χ1n) is 14.8. The number of nitrogens with zero attached hydrogens (tertiary/aromatic N) is 2. The van der Waals surface area contributed by atoms with Crippen molar-refractivity contribution in [2.75, 3.05) is 0 Å². The number of aryl methyl sites for hydroxylation is 4. The molecule has 0 atom stereocenters. The predicted molar refractivity (Wildman–Crippen MR) is 171 cm³/mol. The maximum Gasteiger partial charge on any atom is 4.00 e. The van der Waals surface area contributed by atoms with Crippen LogP contribution in [0.4, 0.5) is 17.6 Å². The van der Waals surface area contributed by atoms with E-state index in [-0.39, 0.29) is 21.7 Å². The molecule has 7 heteroatoms. The SMILES string of the molecule is CCc1ccc(CC)n1-c1ccc(F)[c-]c1F.CCc1ccc(CC)n1-c1ccc(F)[c-]c1F.[Ti+4].c1cc[cH-]c1.c1cc[cH-]c1. The zero-order valence-corrected chi connectivity index (χ0v) is 27.7. The van der Waals surface area contributed by atoms with Crippen LogP contribution in [0.2, 0.25) is 0 Å². The van der Waals surface area contributed by atoms with Crippen molar-refractivity contribution >= 4 is 0 Å². The Kier molecular flexibility index (Phi) is 16.2. The zero-order valence-electron chi connectivity index (χ0n) is 26.1. The molecule has 0 N–H and O–H groups in total. The molecule has 2 heterocycles. The van der Waals surface area contributed by atoms with Crippen LogP contribution in [0.25, 0.3) is 11.4 Å². The fraction of sp³-hybridized carbons (Fsp3) is 0.211. The van der Waals surface area contributed by atoms with Crippen LogP contribution in [0.15, 0.2) is 109 Å². The summed E-state index contributed by atoms with van der Waals surface area (Å²) in [7, 11) is 0. The molecule has 6 aromatic rings. The van der Waals surface area contributed by atoms with Gasteiger partial charge in [0.05, 0.1) is 0 Å². The summed E-state index contributed by atoms with van der Waals surface area (Å²) in [6, 6.07) is 37.4. The van der Waals surface area contributed by atoms with Crippen LogP contribution in [0.5, 0.6) is 0 Å². The molecule has 6 rings (SSSR count). The Labute approximate surface area is 279 Å². The van der Waals surface area contributed by atoms with Crippen LogP contribution in [0, 0.1) is 35.4 Å². The van der Waals surface area contributed by atoms with Gasteiger partial charge in [0.1, 0.15) is 0 Å². The first-order valence-corrected chi connectivity index (χ1v) is 14.8. The summed E-state index contributed by atoms with van der Waals surface area (Å²) in [6.45, 7) is 8.04. The molecule has 0 bridgehead atoms. The van der Waals surface area contributed by atoms with Crippen molar-refractivity contribution in [3.63, 3.8) is 0 Å². The van der Waals surface area contributed by atoms with Gasteiger partial charge in [-0.05, 0) is 61.3 Å². The van der Waals surface area contributed by atoms with Gasteiger partial charge in [0, 0.05) is 46.0 Å². The quantitative estimate of drug-likeness (QED) is 0.0969. The zero-order chi connectivity index (χ0) is 31.9. The van der Waals surface area contributed by atoms with E-state index < -0.39 is 23.3 Å². The van der Waals surface area contributed by atoms with E-state index in [2.05, 4.69) is 12.1 Å². The first-order chi connectivity index (χ1) is 21.3. The Balaban J connectivity index is 0.000000235. The summed E-state index contributed by atoms with van der Waals surface area (Å²) in [4.78, 5) is 0. The fourth-order valence-electron chi connectivity index (χ4n) is 4.63. The second-order valence-corrected chi connectivity index (χ2v) is 9.65. The summed E-state index contributed by atoms with van der Waals surface area (Å²) in [5.74, 6) is -2.64. The molecule has 0 aliphatic heterocycles. The molecular formula is C38H38F4N2Ti. The largest absolute Gasteiger partial charge is 4.00 e. The van der Waals surface area contributed by atoms with Crippen LogP contribution < -0.4 is 0 Å². The van der Waals surface area contributed by atoms with E-state index in [0.29, 0.717) is 11.4 Å². The summed E-state index contributed by atoms with van der Waals surface area (Å²) >= 11 is 0. The van der Waals surface area contributed by atoms with Crippen molar-refractivity contribution < 1.29 is 39.3 Å². The van der Waals surface area contributed by atoms with Gasteiger partial charge in [-0.1, -0.05) is 27.7 Å². The summed E-state index contributed by atoms with van der Waals surface area (Å²) in [5, 5.41) is 0. The predicted octanol–water partition coefficient (Wildman–Crippen LogP) is 10.2. The summed E-state index contributed by atoms with van der Waals surface area (Å²) in [5.41, 5.74) is 4.79. The van der Waals surface area contributed by atoms with E-state index in [4.69, 9.17) is 0 Å². The molecule has 0 spiro atoms. The Bertz CT molecular complexity index is 1450. The van der Waals surface area contributed by atoms with Gasteiger partial charge in [-0.15, -0.1) is 36.4 Å². The van der Waals surface area contributed by atoms with Gasteiger partial charge in [-0.2, -0.15) is 36.4 Å². The van der Waals surface area contributed by atoms with Crippen LogP contribution in [0.3, 0.4) is 0 Å². The smallest absolute Gasteiger partial charge is 0.369 e. The van der Waals surface area contributed by atoms with E-state index in [9.17, 15) is 17.6 Å². The average molecular weight is 647 g/mol. The topological polar surface area (TPSA) is 9.86 Å². The third kappa shape index (κ3) is 10.6. The molecule has 232 valence electrons. The molecule has 0 saturated carbocycles. The third-order valence-electron chi connectivity index (χ3n) is 6.81. The molecule has 0 amide bonds. The Morgan fingerprint density at radius 3 is 0.978 bits per heavy atom. The van der Waals surface area contributed by atoms with Gasteiger partial charge in [-0.3, -0.25) is 0 Å². The minimum absolute atomic E-state index is 0. The number of hydrogen-bond acceptors (Lipinski definition) is 0. The molecule has 0 aliphatic rings. The molecule has 0 radical (unpaired) electrons. The van der Waals surface area contributed by atoms with Crippen molar-refractivity contribution in [3.8, 4) is 11.4 Å². The molecule has 4 aromatic carbocycles. The van der Waals surface area contributed by atoms with Crippen LogP contribution in [-0.2, 0) is 47.4 Å². The Morgan fingerprint density at radius 1 is 0.489 bits per heavy atom. The summed E-state index contributed by atoms with van der Waals surface area (Å²) in [6.07, 6.45) is 3.21. The minimum atomic E-state index is -0.672. The minimum Gasteiger partial charge on any atom is -0.369 e. The van der Waals surface area contributed by atoms with Gasteiger partial charge in [0.2, 0.25) is 0 Å². The summed E-state index contributed by atoms with van der Waals surface area (Å²) < 4.78 is 56.8. The maximum atomic E-state index is 13.7. The van der Waals surface area contributed by atoms with Crippen molar-refractivity contribution in [2.24, 2.45) is 0 Å². The van der Waals surface area contributed by atoms with Crippen LogP contribution >= 0.6 is 0 Å². The van der Waals surface area contributed by atoms with Gasteiger partial charge in [0.15, 0.2) is 0 Å². The van der Waals surface area contributed by atoms with Crippen molar-refractivity contribution in [3.05, 3.63) is 167 Å². The third-order valence-corrected chi connectivity index (χ3v) is 6.81. The molecule has 0 aliphatic carbocycles. The number of benzene rings is 2. The van der Waals surface area contributed by atoms with Gasteiger partial charge >= 0.3 is 21.7 Å². The molecule has 0 fully saturated rings. The van der Waals surface area contributed by atoms with Gasteiger partial charge in [0.25, 0.3) is 0 Å². The average Bonchev–Trinajstić information content (AvgIpc) is 3.86. The number of hydrogen-bond donors (Lipinski definition) is 0. The van der Waals surface area contributed by atoms with Crippen molar-refractivity contribution in [2.45, 2.75) is 53.4 Å². The number of aromatic nitrogens is 2. The number of halogens is 4. The van der Waals surface area contributed by atoms with E-state index in [1.807, 2.05) is 122 Å². The van der Waals surface area contributed by atoms with E-state index in [0.717, 1.165) is 48.5 Å². The number of rotatable bonds is 6. The monoisotopic (exact) mass is 646 g/mol. The normalized spacial score (nSPS) is 9.96. The molecular weight excluding hydrogens is 608 g/mol. The van der Waals surface area contributed by atoms with Crippen LogP contribution in [0.1, 0.15) is 50.5 Å². The van der Waals surface area contributed by atoms with Crippen LogP contribution in [-0.4, -0.2) is 9.13 Å². The van der Waals surface area contributed by atoms with E-state index in [1.54, 1.807) is 0 Å². The fourth-order valence-corrected chi connectivity index (χ4v) is 4.63. The molecule has 2 nitrogen and oxygen atoms in total.